The van der Waals surface area contributed by atoms with Crippen LogP contribution in [-0.4, -0.2) is 17.0 Å². The number of nitrogens with one attached hydrogen (secondary N) is 1. The van der Waals surface area contributed by atoms with Gasteiger partial charge in [-0.3, -0.25) is 0 Å². The Morgan fingerprint density at radius 2 is 1.52 bits per heavy atom. The van der Waals surface area contributed by atoms with E-state index in [2.05, 4.69) is 45.2 Å². The molecule has 0 aliphatic heterocycles. The first-order valence-electron chi connectivity index (χ1n) is 8.04. The van der Waals surface area contributed by atoms with Crippen LogP contribution in [0, 0.1) is 11.3 Å². The summed E-state index contributed by atoms with van der Waals surface area (Å²) in [6.45, 7) is 0. The van der Waals surface area contributed by atoms with Gasteiger partial charge in [-0.25, -0.2) is 4.98 Å². The van der Waals surface area contributed by atoms with Crippen molar-refractivity contribution < 1.29 is 0 Å². The average Bonchev–Trinajstić information content (AvgIpc) is 3.12. The summed E-state index contributed by atoms with van der Waals surface area (Å²) in [7, 11) is 2.01. The Morgan fingerprint density at radius 3 is 2.16 bits per heavy atom. The van der Waals surface area contributed by atoms with E-state index >= 15 is 0 Å². The van der Waals surface area contributed by atoms with E-state index in [-0.39, 0.29) is 0 Å². The summed E-state index contributed by atoms with van der Waals surface area (Å²) in [6, 6.07) is 26.0. The normalized spacial score (nSPS) is 10.6. The SMILES string of the molecule is CN(c1ccc(C#N)cc1)c1ccc(-c2nc3ccccc3[nH]2)cc1. The van der Waals surface area contributed by atoms with E-state index < -0.39 is 0 Å². The van der Waals surface area contributed by atoms with E-state index in [0.29, 0.717) is 5.56 Å². The molecule has 4 heteroatoms. The van der Waals surface area contributed by atoms with Crippen molar-refractivity contribution >= 4 is 22.4 Å². The summed E-state index contributed by atoms with van der Waals surface area (Å²) < 4.78 is 0. The number of fused-ring (bicyclic) bond motifs is 1. The highest BCUT2D eigenvalue weighted by molar-refractivity contribution is 5.79. The molecule has 120 valence electrons. The van der Waals surface area contributed by atoms with Crippen molar-refractivity contribution in [1.29, 1.82) is 5.26 Å². The standard InChI is InChI=1S/C21H16N4/c1-25(17-10-6-15(14-22)7-11-17)18-12-8-16(9-13-18)21-23-19-4-2-3-5-20(19)24-21/h2-13H,1H3,(H,23,24). The molecule has 4 nitrogen and oxygen atoms in total. The number of nitriles is 1. The van der Waals surface area contributed by atoms with Gasteiger partial charge < -0.3 is 9.88 Å². The van der Waals surface area contributed by atoms with Gasteiger partial charge in [0, 0.05) is 24.0 Å². The van der Waals surface area contributed by atoms with E-state index in [4.69, 9.17) is 5.26 Å². The van der Waals surface area contributed by atoms with Gasteiger partial charge in [0.05, 0.1) is 22.7 Å². The number of aromatic nitrogens is 2. The van der Waals surface area contributed by atoms with Gasteiger partial charge in [0.2, 0.25) is 0 Å². The highest BCUT2D eigenvalue weighted by Gasteiger charge is 2.07. The van der Waals surface area contributed by atoms with Crippen molar-refractivity contribution in [3.8, 4) is 17.5 Å². The maximum atomic E-state index is 8.90. The molecule has 0 unspecified atom stereocenters. The molecule has 0 fully saturated rings. The molecule has 0 bridgehead atoms. The third kappa shape index (κ3) is 2.84. The molecule has 0 spiro atoms. The minimum absolute atomic E-state index is 0.664. The molecule has 1 aromatic heterocycles. The number of aromatic amines is 1. The Hall–Kier alpha value is -3.58. The monoisotopic (exact) mass is 324 g/mol. The van der Waals surface area contributed by atoms with Crippen LogP contribution in [0.2, 0.25) is 0 Å². The lowest BCUT2D eigenvalue weighted by molar-refractivity contribution is 1.21. The first kappa shape index (κ1) is 15.0. The second-order valence-electron chi connectivity index (χ2n) is 5.87. The highest BCUT2D eigenvalue weighted by atomic mass is 15.1. The quantitative estimate of drug-likeness (QED) is 0.585. The Bertz CT molecular complexity index is 1020. The lowest BCUT2D eigenvalue weighted by Gasteiger charge is -2.19. The maximum Gasteiger partial charge on any atom is 0.138 e. The summed E-state index contributed by atoms with van der Waals surface area (Å²) in [5, 5.41) is 8.90. The van der Waals surface area contributed by atoms with Crippen LogP contribution in [0.1, 0.15) is 5.56 Å². The molecular weight excluding hydrogens is 308 g/mol. The number of nitrogens with zero attached hydrogens (tertiary/aromatic N) is 3. The summed E-state index contributed by atoms with van der Waals surface area (Å²) in [4.78, 5) is 10.1. The van der Waals surface area contributed by atoms with Crippen molar-refractivity contribution in [2.24, 2.45) is 0 Å². The maximum absolute atomic E-state index is 8.90. The van der Waals surface area contributed by atoms with E-state index in [9.17, 15) is 0 Å². The fourth-order valence-electron chi connectivity index (χ4n) is 2.84. The number of imidazole rings is 1. The smallest absolute Gasteiger partial charge is 0.138 e. The van der Waals surface area contributed by atoms with Crippen LogP contribution in [-0.2, 0) is 0 Å². The molecule has 0 saturated heterocycles. The third-order valence-electron chi connectivity index (χ3n) is 4.30. The van der Waals surface area contributed by atoms with E-state index in [1.54, 1.807) is 0 Å². The number of hydrogen-bond acceptors (Lipinski definition) is 3. The summed E-state index contributed by atoms with van der Waals surface area (Å²) in [6.07, 6.45) is 0. The van der Waals surface area contributed by atoms with Gasteiger partial charge >= 0.3 is 0 Å². The number of hydrogen-bond donors (Lipinski definition) is 1. The summed E-state index contributed by atoms with van der Waals surface area (Å²) in [5.41, 5.74) is 5.83. The van der Waals surface area contributed by atoms with E-state index in [1.807, 2.05) is 55.6 Å². The van der Waals surface area contributed by atoms with Crippen LogP contribution in [0.25, 0.3) is 22.4 Å². The van der Waals surface area contributed by atoms with Crippen LogP contribution in [0.3, 0.4) is 0 Å². The van der Waals surface area contributed by atoms with Crippen molar-refractivity contribution in [2.45, 2.75) is 0 Å². The molecule has 1 N–H and O–H groups in total. The first-order valence-corrected chi connectivity index (χ1v) is 8.04. The molecular formula is C21H16N4. The van der Waals surface area contributed by atoms with Gasteiger partial charge in [-0.05, 0) is 60.7 Å². The highest BCUT2D eigenvalue weighted by Crippen LogP contribution is 2.27. The van der Waals surface area contributed by atoms with Gasteiger partial charge in [0.25, 0.3) is 0 Å². The molecule has 0 amide bonds. The topological polar surface area (TPSA) is 55.7 Å². The fraction of sp³-hybridized carbons (Fsp3) is 0.0476. The Labute approximate surface area is 146 Å². The van der Waals surface area contributed by atoms with Crippen LogP contribution in [0.4, 0.5) is 11.4 Å². The lowest BCUT2D eigenvalue weighted by Crippen LogP contribution is -2.09. The molecule has 0 atom stereocenters. The molecule has 4 aromatic rings. The zero-order valence-electron chi connectivity index (χ0n) is 13.8. The van der Waals surface area contributed by atoms with Crippen molar-refractivity contribution in [3.63, 3.8) is 0 Å². The molecule has 0 aliphatic rings. The third-order valence-corrected chi connectivity index (χ3v) is 4.30. The van der Waals surface area contributed by atoms with Gasteiger partial charge in [-0.1, -0.05) is 12.1 Å². The zero-order chi connectivity index (χ0) is 17.2. The summed E-state index contributed by atoms with van der Waals surface area (Å²) >= 11 is 0. The van der Waals surface area contributed by atoms with Gasteiger partial charge in [-0.15, -0.1) is 0 Å². The molecule has 4 rings (SSSR count). The minimum Gasteiger partial charge on any atom is -0.345 e. The van der Waals surface area contributed by atoms with Crippen molar-refractivity contribution in [1.82, 2.24) is 9.97 Å². The van der Waals surface area contributed by atoms with Crippen molar-refractivity contribution in [2.75, 3.05) is 11.9 Å². The molecule has 0 aliphatic carbocycles. The number of H-pyrrole nitrogens is 1. The molecule has 1 heterocycles. The van der Waals surface area contributed by atoms with E-state index in [1.165, 1.54) is 0 Å². The molecule has 0 saturated carbocycles. The second-order valence-corrected chi connectivity index (χ2v) is 5.87. The van der Waals surface area contributed by atoms with Gasteiger partial charge in [-0.2, -0.15) is 5.26 Å². The Kier molecular flexibility index (Phi) is 3.68. The predicted octanol–water partition coefficient (Wildman–Crippen LogP) is 4.87. The van der Waals surface area contributed by atoms with Crippen LogP contribution < -0.4 is 4.90 Å². The molecule has 25 heavy (non-hydrogen) atoms. The molecule has 3 aromatic carbocycles. The van der Waals surface area contributed by atoms with Crippen LogP contribution in [0.5, 0.6) is 0 Å². The molecule has 0 radical (unpaired) electrons. The van der Waals surface area contributed by atoms with E-state index in [0.717, 1.165) is 33.8 Å². The minimum atomic E-state index is 0.664. The fourth-order valence-corrected chi connectivity index (χ4v) is 2.84. The Morgan fingerprint density at radius 1 is 0.880 bits per heavy atom. The number of anilines is 2. The van der Waals surface area contributed by atoms with Crippen molar-refractivity contribution in [3.05, 3.63) is 78.4 Å². The second kappa shape index (κ2) is 6.14. The number of para-hydroxylation sites is 2. The number of rotatable bonds is 3. The lowest BCUT2D eigenvalue weighted by atomic mass is 10.1. The first-order chi connectivity index (χ1) is 12.2. The summed E-state index contributed by atoms with van der Waals surface area (Å²) in [5.74, 6) is 0.869. The predicted molar refractivity (Wildman–Crippen MR) is 101 cm³/mol. The Balaban J connectivity index is 1.61. The largest absolute Gasteiger partial charge is 0.345 e. The number of benzene rings is 3. The average molecular weight is 324 g/mol. The zero-order valence-corrected chi connectivity index (χ0v) is 13.8. The van der Waals surface area contributed by atoms with Crippen LogP contribution in [0.15, 0.2) is 72.8 Å². The van der Waals surface area contributed by atoms with Gasteiger partial charge in [0.15, 0.2) is 0 Å². The van der Waals surface area contributed by atoms with Gasteiger partial charge in [0.1, 0.15) is 5.82 Å². The van der Waals surface area contributed by atoms with Crippen LogP contribution >= 0.6 is 0 Å².